The summed E-state index contributed by atoms with van der Waals surface area (Å²) in [5, 5.41) is 101. The molecule has 0 radical (unpaired) electrons. The van der Waals surface area contributed by atoms with Crippen LogP contribution in [0.3, 0.4) is 0 Å². The molecule has 2 saturated heterocycles. The summed E-state index contributed by atoms with van der Waals surface area (Å²) >= 11 is 0. The SMILES string of the molecule is C/C=C1/[C@@H](O[C@@H]2O[C@H](CO)[C@@H](O)[C@H](O)[C@H]2O)OC=C(C(=O)O)[C@H]1CC(=O)O[C@@H]1C[C@@H]([C@H](C)CO)[C@H](COC(=O)C[C@H]2C(C(=O)OC)=CO[C@@H](O[C@H]3O[C@@H](CO)[C@H](O)[C@@H](O)[C@@H]3O)/C2=C/C)[C@H]1C. The Morgan fingerprint density at radius 1 is 0.742 bits per heavy atom. The summed E-state index contributed by atoms with van der Waals surface area (Å²) in [7, 11) is 1.13. The van der Waals surface area contributed by atoms with Crippen molar-refractivity contribution in [3.05, 3.63) is 47.0 Å². The van der Waals surface area contributed by atoms with Crippen molar-refractivity contribution in [1.82, 2.24) is 0 Å². The Hall–Kier alpha value is -4.08. The van der Waals surface area contributed by atoms with Gasteiger partial charge in [-0.15, -0.1) is 0 Å². The minimum atomic E-state index is -1.80. The second-order valence-electron chi connectivity index (χ2n) is 16.9. The number of carbonyl (C=O) groups excluding carboxylic acids is 3. The first kappa shape index (κ1) is 52.9. The highest BCUT2D eigenvalue weighted by Gasteiger charge is 2.50. The number of carboxylic acids is 1. The van der Waals surface area contributed by atoms with Gasteiger partial charge < -0.3 is 93.7 Å². The summed E-state index contributed by atoms with van der Waals surface area (Å²) in [4.78, 5) is 52.6. The average Bonchev–Trinajstić information content (AvgIpc) is 3.61. The fourth-order valence-electron chi connectivity index (χ4n) is 9.08. The van der Waals surface area contributed by atoms with E-state index in [0.717, 1.165) is 19.6 Å². The van der Waals surface area contributed by atoms with Crippen LogP contribution in [0.4, 0.5) is 0 Å². The highest BCUT2D eigenvalue weighted by Crippen LogP contribution is 2.44. The summed E-state index contributed by atoms with van der Waals surface area (Å²) in [6.07, 6.45) is -15.8. The van der Waals surface area contributed by atoms with E-state index in [1.807, 2.05) is 0 Å². The van der Waals surface area contributed by atoms with Crippen molar-refractivity contribution in [2.45, 2.75) is 127 Å². The Balaban J connectivity index is 1.26. The molecule has 1 saturated carbocycles. The summed E-state index contributed by atoms with van der Waals surface area (Å²) in [6.45, 7) is 4.74. The molecule has 19 atom stereocenters. The summed E-state index contributed by atoms with van der Waals surface area (Å²) < 4.78 is 50.3. The Morgan fingerprint density at radius 2 is 1.23 bits per heavy atom. The van der Waals surface area contributed by atoms with E-state index in [1.165, 1.54) is 19.1 Å². The van der Waals surface area contributed by atoms with Gasteiger partial charge in [0.25, 0.3) is 0 Å². The fraction of sp³-hybridized carbons (Fsp3) is 0.721. The lowest BCUT2D eigenvalue weighted by molar-refractivity contribution is -0.327. The third kappa shape index (κ3) is 11.4. The van der Waals surface area contributed by atoms with Crippen molar-refractivity contribution in [3.63, 3.8) is 0 Å². The van der Waals surface area contributed by atoms with Crippen molar-refractivity contribution in [3.8, 4) is 0 Å². The average molecular weight is 947 g/mol. The molecule has 4 heterocycles. The highest BCUT2D eigenvalue weighted by atomic mass is 16.8. The highest BCUT2D eigenvalue weighted by molar-refractivity contribution is 5.91. The van der Waals surface area contributed by atoms with Crippen molar-refractivity contribution in [2.75, 3.05) is 33.5 Å². The van der Waals surface area contributed by atoms with E-state index in [0.29, 0.717) is 0 Å². The molecule has 0 spiro atoms. The topological polar surface area (TPSA) is 354 Å². The summed E-state index contributed by atoms with van der Waals surface area (Å²) in [5.41, 5.74) is -0.0738. The van der Waals surface area contributed by atoms with Gasteiger partial charge in [0, 0.05) is 35.5 Å². The maximum atomic E-state index is 13.7. The molecule has 0 aromatic heterocycles. The summed E-state index contributed by atoms with van der Waals surface area (Å²) in [5.74, 6) is -7.72. The lowest BCUT2D eigenvalue weighted by Gasteiger charge is -2.41. The van der Waals surface area contributed by atoms with E-state index in [4.69, 9.17) is 42.6 Å². The zero-order chi connectivity index (χ0) is 48.7. The van der Waals surface area contributed by atoms with E-state index in [-0.39, 0.29) is 53.8 Å². The molecule has 5 rings (SSSR count). The fourth-order valence-corrected chi connectivity index (χ4v) is 9.08. The minimum absolute atomic E-state index is 0.0811. The smallest absolute Gasteiger partial charge is 0.337 e. The molecule has 23 heteroatoms. The summed E-state index contributed by atoms with van der Waals surface area (Å²) in [6, 6.07) is 0. The van der Waals surface area contributed by atoms with Crippen molar-refractivity contribution in [2.24, 2.45) is 35.5 Å². The van der Waals surface area contributed by atoms with E-state index in [1.54, 1.807) is 20.8 Å². The predicted molar refractivity (Wildman–Crippen MR) is 217 cm³/mol. The molecule has 66 heavy (non-hydrogen) atoms. The number of aliphatic hydroxyl groups is 9. The number of carboxylic acid groups (broad SMARTS) is 1. The number of hydrogen-bond acceptors (Lipinski definition) is 22. The minimum Gasteiger partial charge on any atom is -0.478 e. The van der Waals surface area contributed by atoms with Gasteiger partial charge in [0.05, 0.1) is 63.4 Å². The lowest BCUT2D eigenvalue weighted by atomic mass is 9.83. The predicted octanol–water partition coefficient (Wildman–Crippen LogP) is -2.38. The first-order valence-electron chi connectivity index (χ1n) is 21.6. The maximum absolute atomic E-state index is 13.7. The molecule has 10 N–H and O–H groups in total. The molecule has 1 aliphatic carbocycles. The van der Waals surface area contributed by atoms with Crippen LogP contribution in [0.5, 0.6) is 0 Å². The third-order valence-electron chi connectivity index (χ3n) is 13.1. The van der Waals surface area contributed by atoms with Gasteiger partial charge in [0.2, 0.25) is 12.6 Å². The Kier molecular flexibility index (Phi) is 18.7. The Morgan fingerprint density at radius 3 is 1.68 bits per heavy atom. The van der Waals surface area contributed by atoms with Crippen LogP contribution in [0.1, 0.15) is 47.0 Å². The molecule has 0 unspecified atom stereocenters. The van der Waals surface area contributed by atoms with Gasteiger partial charge in [-0.05, 0) is 38.0 Å². The first-order valence-corrected chi connectivity index (χ1v) is 21.6. The number of carbonyl (C=O) groups is 4. The third-order valence-corrected chi connectivity index (χ3v) is 13.1. The molecule has 5 aliphatic rings. The van der Waals surface area contributed by atoms with Crippen LogP contribution >= 0.6 is 0 Å². The number of hydrogen-bond donors (Lipinski definition) is 10. The Bertz CT molecular complexity index is 1830. The number of methoxy groups -OCH3 is 1. The van der Waals surface area contributed by atoms with Crippen LogP contribution in [-0.2, 0) is 61.8 Å². The lowest BCUT2D eigenvalue weighted by Crippen LogP contribution is -2.60. The second-order valence-corrected chi connectivity index (χ2v) is 16.9. The molecule has 0 aromatic rings. The monoisotopic (exact) mass is 946 g/mol. The van der Waals surface area contributed by atoms with Gasteiger partial charge in [-0.1, -0.05) is 26.0 Å². The molecule has 23 nitrogen and oxygen atoms in total. The largest absolute Gasteiger partial charge is 0.478 e. The van der Waals surface area contributed by atoms with Crippen LogP contribution < -0.4 is 0 Å². The number of ether oxygens (including phenoxy) is 9. The maximum Gasteiger partial charge on any atom is 0.337 e. The molecule has 4 aliphatic heterocycles. The van der Waals surface area contributed by atoms with Gasteiger partial charge in [-0.25, -0.2) is 9.59 Å². The van der Waals surface area contributed by atoms with Crippen LogP contribution in [0.2, 0.25) is 0 Å². The number of aliphatic carboxylic acids is 1. The van der Waals surface area contributed by atoms with Gasteiger partial charge in [0.1, 0.15) is 54.9 Å². The van der Waals surface area contributed by atoms with E-state index >= 15 is 0 Å². The number of esters is 3. The molecule has 3 fully saturated rings. The van der Waals surface area contributed by atoms with Gasteiger partial charge in [0.15, 0.2) is 12.6 Å². The number of rotatable bonds is 17. The van der Waals surface area contributed by atoms with Crippen LogP contribution in [0.25, 0.3) is 0 Å². The zero-order valence-electron chi connectivity index (χ0n) is 37.0. The van der Waals surface area contributed by atoms with E-state index < -0.39 is 154 Å². The second kappa shape index (κ2) is 23.3. The van der Waals surface area contributed by atoms with Crippen LogP contribution in [-0.4, -0.2) is 189 Å². The quantitative estimate of drug-likeness (QED) is 0.0413. The van der Waals surface area contributed by atoms with Crippen molar-refractivity contribution >= 4 is 23.9 Å². The first-order chi connectivity index (χ1) is 31.3. The zero-order valence-corrected chi connectivity index (χ0v) is 37.0. The van der Waals surface area contributed by atoms with Crippen molar-refractivity contribution < 1.29 is 113 Å². The molecule has 0 bridgehead atoms. The molecule has 0 aromatic carbocycles. The van der Waals surface area contributed by atoms with Gasteiger partial charge >= 0.3 is 23.9 Å². The van der Waals surface area contributed by atoms with E-state index in [2.05, 4.69) is 0 Å². The van der Waals surface area contributed by atoms with Crippen LogP contribution in [0, 0.1) is 35.5 Å². The standard InChI is InChI=1S/C43H62O23/c1-6-19-22(25(38(55)56)15-60-40(19)65-42-36(53)34(51)32(49)28(12-45)63-42)10-31(48)62-27-8-21(17(3)11-44)24(18(27)4)14-59-30(47)9-23-20(7-2)41(61-16-26(23)39(57)58-5)66-43-37(54)35(52)33(50)29(13-46)64-43/h6-7,15-18,21-24,27-29,32-37,40-46,49-54H,8-14H2,1-5H3,(H,55,56)/b19-6+,20-7+/t17-,18-,21+,22+,23-,24-,27-,28-,29+,32-,33+,34+,35-,36-,37+,40-,41+,42+,43-/m1/s1. The van der Waals surface area contributed by atoms with Crippen molar-refractivity contribution in [1.29, 1.82) is 0 Å². The molecular formula is C43H62O23. The molecule has 372 valence electrons. The molecular weight excluding hydrogens is 884 g/mol. The van der Waals surface area contributed by atoms with Gasteiger partial charge in [-0.3, -0.25) is 9.59 Å². The number of aliphatic hydroxyl groups excluding tert-OH is 9. The molecule has 0 amide bonds. The normalized spacial score (nSPS) is 39.8. The van der Waals surface area contributed by atoms with Crippen LogP contribution in [0.15, 0.2) is 47.0 Å². The van der Waals surface area contributed by atoms with E-state index in [9.17, 15) is 70.2 Å². The number of allylic oxidation sites excluding steroid dienone is 2. The van der Waals surface area contributed by atoms with Gasteiger partial charge in [-0.2, -0.15) is 0 Å². The Labute approximate surface area is 379 Å².